The molecule has 2 aliphatic rings. The first-order valence-electron chi connectivity index (χ1n) is 13.4. The summed E-state index contributed by atoms with van der Waals surface area (Å²) in [6.45, 7) is 3.25. The smallest absolute Gasteiger partial charge is 0.475 e. The van der Waals surface area contributed by atoms with Crippen LogP contribution >= 0.6 is 0 Å². The van der Waals surface area contributed by atoms with Gasteiger partial charge in [-0.05, 0) is 36.1 Å². The molecule has 18 heteroatoms. The molecule has 2 aliphatic heterocycles. The fraction of sp³-hybridized carbons (Fsp3) is 0.393. The summed E-state index contributed by atoms with van der Waals surface area (Å²) < 4.78 is 106. The Kier molecular flexibility index (Phi) is 11.2. The average molecular weight is 683 g/mol. The van der Waals surface area contributed by atoms with Crippen LogP contribution in [-0.4, -0.2) is 87.6 Å². The normalized spacial score (nSPS) is 16.8. The first-order valence-corrected chi connectivity index (χ1v) is 15.3. The molecule has 3 heterocycles. The topological polar surface area (TPSA) is 133 Å². The molecule has 1 spiro atoms. The van der Waals surface area contributed by atoms with E-state index in [2.05, 4.69) is 21.6 Å². The Morgan fingerprint density at radius 1 is 0.848 bits per heavy atom. The quantitative estimate of drug-likeness (QED) is 0.378. The number of likely N-dealkylation sites (tertiary alicyclic amines) is 1. The molecule has 0 bridgehead atoms. The summed E-state index contributed by atoms with van der Waals surface area (Å²) in [6, 6.07) is 16.7. The van der Waals surface area contributed by atoms with Crippen LogP contribution in [0.3, 0.4) is 0 Å². The van der Waals surface area contributed by atoms with Crippen molar-refractivity contribution in [2.24, 2.45) is 0 Å². The number of fused-ring (bicyclic) bond motifs is 2. The highest BCUT2D eigenvalue weighted by atomic mass is 32.2. The highest BCUT2D eigenvalue weighted by Crippen LogP contribution is 2.43. The highest BCUT2D eigenvalue weighted by molar-refractivity contribution is 7.88. The maximum atomic E-state index is 13.2. The van der Waals surface area contributed by atoms with E-state index in [9.17, 15) is 39.2 Å². The second kappa shape index (κ2) is 14.2. The van der Waals surface area contributed by atoms with Crippen molar-refractivity contribution in [3.63, 3.8) is 0 Å². The lowest BCUT2D eigenvalue weighted by Gasteiger charge is -2.49. The van der Waals surface area contributed by atoms with E-state index in [4.69, 9.17) is 24.8 Å². The zero-order chi connectivity index (χ0) is 34.5. The highest BCUT2D eigenvalue weighted by Gasteiger charge is 2.50. The molecule has 252 valence electrons. The van der Waals surface area contributed by atoms with Crippen LogP contribution < -0.4 is 0 Å². The van der Waals surface area contributed by atoms with Crippen LogP contribution in [-0.2, 0) is 38.2 Å². The van der Waals surface area contributed by atoms with Gasteiger partial charge < -0.3 is 14.8 Å². The molecule has 1 aromatic heterocycles. The van der Waals surface area contributed by atoms with E-state index in [0.717, 1.165) is 42.3 Å². The van der Waals surface area contributed by atoms with E-state index >= 15 is 0 Å². The Bertz CT molecular complexity index is 1580. The second-order valence-electron chi connectivity index (χ2n) is 10.4. The molecule has 0 unspecified atom stereocenters. The minimum absolute atomic E-state index is 0.238. The maximum absolute atomic E-state index is 13.2. The number of aromatic nitrogens is 2. The van der Waals surface area contributed by atoms with E-state index < -0.39 is 39.9 Å². The molecule has 5 rings (SSSR count). The van der Waals surface area contributed by atoms with Crippen molar-refractivity contribution in [1.82, 2.24) is 18.8 Å². The van der Waals surface area contributed by atoms with Crippen LogP contribution in [0.25, 0.3) is 11.3 Å². The van der Waals surface area contributed by atoms with E-state index in [1.807, 2.05) is 36.5 Å². The fourth-order valence-corrected chi connectivity index (χ4v) is 6.53. The van der Waals surface area contributed by atoms with E-state index in [1.54, 1.807) is 4.31 Å². The molecule has 0 saturated carbocycles. The minimum atomic E-state index is -5.08. The maximum Gasteiger partial charge on any atom is 0.490 e. The van der Waals surface area contributed by atoms with Gasteiger partial charge in [-0.25, -0.2) is 27.4 Å². The molecular weight excluding hydrogens is 653 g/mol. The number of carboxylic acids is 2. The molecule has 10 nitrogen and oxygen atoms in total. The Labute approximate surface area is 258 Å². The minimum Gasteiger partial charge on any atom is -0.475 e. The molecule has 2 aromatic carbocycles. The Morgan fingerprint density at radius 3 is 1.80 bits per heavy atom. The number of hydrogen-bond acceptors (Lipinski definition) is 6. The van der Waals surface area contributed by atoms with Gasteiger partial charge in [0.2, 0.25) is 10.0 Å². The number of carboxylic acid groups (broad SMARTS) is 2. The molecule has 1 fully saturated rings. The number of hydrogen-bond donors (Lipinski definition) is 2. The molecule has 2 N–H and O–H groups in total. The van der Waals surface area contributed by atoms with Crippen LogP contribution in [0.5, 0.6) is 0 Å². The lowest BCUT2D eigenvalue weighted by atomic mass is 9.85. The van der Waals surface area contributed by atoms with Gasteiger partial charge in [0.1, 0.15) is 11.6 Å². The number of sulfonamides is 1. The molecule has 46 heavy (non-hydrogen) atoms. The summed E-state index contributed by atoms with van der Waals surface area (Å²) in [5.74, 6) is -4.91. The first-order chi connectivity index (χ1) is 21.3. The molecule has 0 radical (unpaired) electrons. The zero-order valence-corrected chi connectivity index (χ0v) is 24.9. The van der Waals surface area contributed by atoms with Crippen LogP contribution in [0.1, 0.15) is 24.2 Å². The van der Waals surface area contributed by atoms with Crippen molar-refractivity contribution in [1.29, 1.82) is 0 Å². The summed E-state index contributed by atoms with van der Waals surface area (Å²) >= 11 is 0. The number of carbonyl (C=O) groups is 2. The lowest BCUT2D eigenvalue weighted by Crippen LogP contribution is -2.59. The summed E-state index contributed by atoms with van der Waals surface area (Å²) in [5.41, 5.74) is 2.53. The Hall–Kier alpha value is -4.03. The van der Waals surface area contributed by atoms with E-state index in [-0.39, 0.29) is 5.82 Å². The van der Waals surface area contributed by atoms with Gasteiger partial charge in [0, 0.05) is 32.7 Å². The van der Waals surface area contributed by atoms with Crippen molar-refractivity contribution in [2.45, 2.75) is 43.8 Å². The van der Waals surface area contributed by atoms with Crippen molar-refractivity contribution >= 4 is 22.0 Å². The van der Waals surface area contributed by atoms with Gasteiger partial charge in [0.25, 0.3) is 0 Å². The van der Waals surface area contributed by atoms with E-state index in [1.165, 1.54) is 18.4 Å². The second-order valence-corrected chi connectivity index (χ2v) is 12.3. The predicted molar refractivity (Wildman–Crippen MR) is 149 cm³/mol. The number of alkyl halides is 6. The number of rotatable bonds is 4. The summed E-state index contributed by atoms with van der Waals surface area (Å²) in [4.78, 5) is 24.9. The van der Waals surface area contributed by atoms with Crippen molar-refractivity contribution in [3.8, 4) is 11.3 Å². The zero-order valence-electron chi connectivity index (χ0n) is 24.1. The van der Waals surface area contributed by atoms with Crippen molar-refractivity contribution < 1.29 is 59.0 Å². The molecule has 0 aliphatic carbocycles. The monoisotopic (exact) mass is 682 g/mol. The molecule has 0 atom stereocenters. The molecule has 3 aromatic rings. The van der Waals surface area contributed by atoms with Gasteiger partial charge in [-0.1, -0.05) is 42.5 Å². The summed E-state index contributed by atoms with van der Waals surface area (Å²) in [7, 11) is -3.39. The first kappa shape index (κ1) is 36.4. The van der Waals surface area contributed by atoms with Crippen LogP contribution in [0.4, 0.5) is 30.7 Å². The fourth-order valence-electron chi connectivity index (χ4n) is 5.21. The third-order valence-corrected chi connectivity index (χ3v) is 8.57. The van der Waals surface area contributed by atoms with Crippen molar-refractivity contribution in [3.05, 3.63) is 78.0 Å². The summed E-state index contributed by atoms with van der Waals surface area (Å²) in [6.07, 6.45) is -5.64. The molecule has 1 saturated heterocycles. The number of piperidine rings is 1. The third kappa shape index (κ3) is 9.03. The SMILES string of the molecule is CS(=O)(=O)N1CCn2c(-c3ccccc3)cnc2C12CCN(Cc1ccc(F)cc1)CC2.O=C(O)C(F)(F)F.O=C(O)C(F)(F)F. The number of aliphatic carboxylic acids is 2. The third-order valence-electron chi connectivity index (χ3n) is 7.23. The number of halogens is 7. The molecular formula is C28H29F7N4O6S. The Balaban J connectivity index is 0.000000345. The van der Waals surface area contributed by atoms with E-state index in [0.29, 0.717) is 25.9 Å². The number of nitrogens with zero attached hydrogens (tertiary/aromatic N) is 4. The lowest BCUT2D eigenvalue weighted by molar-refractivity contribution is -0.193. The standard InChI is InChI=1S/C24H27FN4O2S.2C2HF3O2/c1-32(30,31)29-16-15-28-22(20-5-3-2-4-6-20)17-26-23(28)24(29)11-13-27(14-12-24)18-19-7-9-21(25)10-8-19;2*3-2(4,5)1(6)7/h2-10,17H,11-16,18H2,1H3;2*(H,6,7). The van der Waals surface area contributed by atoms with Gasteiger partial charge in [-0.3, -0.25) is 4.90 Å². The summed E-state index contributed by atoms with van der Waals surface area (Å²) in [5, 5.41) is 14.2. The van der Waals surface area contributed by atoms with Gasteiger partial charge in [-0.15, -0.1) is 0 Å². The number of imidazole rings is 1. The van der Waals surface area contributed by atoms with Crippen LogP contribution in [0, 0.1) is 5.82 Å². The van der Waals surface area contributed by atoms with Gasteiger partial charge in [0.05, 0.1) is 23.7 Å². The predicted octanol–water partition coefficient (Wildman–Crippen LogP) is 4.72. The van der Waals surface area contributed by atoms with Gasteiger partial charge >= 0.3 is 24.3 Å². The van der Waals surface area contributed by atoms with Gasteiger partial charge in [-0.2, -0.15) is 30.6 Å². The largest absolute Gasteiger partial charge is 0.490 e. The van der Waals surface area contributed by atoms with Gasteiger partial charge in [0.15, 0.2) is 0 Å². The number of benzene rings is 2. The molecule has 0 amide bonds. The van der Waals surface area contributed by atoms with Crippen LogP contribution in [0.2, 0.25) is 0 Å². The Morgan fingerprint density at radius 2 is 1.35 bits per heavy atom. The average Bonchev–Trinajstić information content (AvgIpc) is 3.41. The van der Waals surface area contributed by atoms with Crippen LogP contribution in [0.15, 0.2) is 60.8 Å². The van der Waals surface area contributed by atoms with Crippen molar-refractivity contribution in [2.75, 3.05) is 25.9 Å².